The Morgan fingerprint density at radius 3 is 1.90 bits per heavy atom. The highest BCUT2D eigenvalue weighted by Crippen LogP contribution is 2.17. The predicted octanol–water partition coefficient (Wildman–Crippen LogP) is 3.33. The van der Waals surface area contributed by atoms with E-state index in [-0.39, 0.29) is 19.0 Å². The first-order valence-electron chi connectivity index (χ1n) is 9.59. The molecule has 0 bridgehead atoms. The lowest BCUT2D eigenvalue weighted by Crippen LogP contribution is -2.57. The van der Waals surface area contributed by atoms with Crippen molar-refractivity contribution < 1.29 is 23.9 Å². The fourth-order valence-corrected chi connectivity index (χ4v) is 3.19. The third kappa shape index (κ3) is 6.34. The van der Waals surface area contributed by atoms with Crippen LogP contribution in [0, 0.1) is 0 Å². The summed E-state index contributed by atoms with van der Waals surface area (Å²) in [7, 11) is 0. The molecule has 0 heterocycles. The van der Waals surface area contributed by atoms with Gasteiger partial charge >= 0.3 is 12.2 Å². The molecular formula is C22H24N2O5. The van der Waals surface area contributed by atoms with Crippen LogP contribution in [0.5, 0.6) is 0 Å². The molecule has 1 aliphatic rings. The molecule has 1 saturated carbocycles. The second-order valence-corrected chi connectivity index (χ2v) is 6.85. The van der Waals surface area contributed by atoms with Crippen molar-refractivity contribution >= 4 is 18.0 Å². The van der Waals surface area contributed by atoms with E-state index < -0.39 is 24.3 Å². The van der Waals surface area contributed by atoms with Crippen LogP contribution in [0.4, 0.5) is 9.59 Å². The number of carbonyl (C=O) groups is 3. The molecule has 2 amide bonds. The van der Waals surface area contributed by atoms with E-state index in [1.807, 2.05) is 60.7 Å². The molecule has 0 aromatic heterocycles. The van der Waals surface area contributed by atoms with Crippen molar-refractivity contribution in [2.75, 3.05) is 0 Å². The second-order valence-electron chi connectivity index (χ2n) is 6.85. The summed E-state index contributed by atoms with van der Waals surface area (Å²) in [5, 5.41) is 5.28. The van der Waals surface area contributed by atoms with Crippen LogP contribution in [0.2, 0.25) is 0 Å². The van der Waals surface area contributed by atoms with Gasteiger partial charge < -0.3 is 20.1 Å². The number of nitrogens with one attached hydrogen (secondary N) is 2. The Bertz CT molecular complexity index is 826. The van der Waals surface area contributed by atoms with Crippen molar-refractivity contribution in [1.29, 1.82) is 0 Å². The van der Waals surface area contributed by atoms with Crippen LogP contribution in [-0.2, 0) is 27.5 Å². The van der Waals surface area contributed by atoms with Gasteiger partial charge in [0, 0.05) is 6.42 Å². The lowest BCUT2D eigenvalue weighted by molar-refractivity contribution is -0.123. The Morgan fingerprint density at radius 2 is 1.34 bits per heavy atom. The van der Waals surface area contributed by atoms with Gasteiger partial charge in [0.05, 0.1) is 6.04 Å². The average molecular weight is 396 g/mol. The molecule has 0 spiro atoms. The van der Waals surface area contributed by atoms with Gasteiger partial charge in [-0.25, -0.2) is 9.59 Å². The standard InChI is InChI=1S/C22H24N2O5/c25-19-13-7-12-18(23-21(26)28-14-16-8-3-1-4-9-16)20(19)24-22(27)29-15-17-10-5-2-6-11-17/h1-6,8-11,18,20H,7,12-15H2,(H,23,26)(H,24,27)/t18-,20-/m1/s1. The number of hydrogen-bond donors (Lipinski definition) is 2. The first-order valence-corrected chi connectivity index (χ1v) is 9.59. The average Bonchev–Trinajstić information content (AvgIpc) is 2.75. The monoisotopic (exact) mass is 396 g/mol. The second kappa shape index (κ2) is 10.3. The first-order chi connectivity index (χ1) is 14.1. The largest absolute Gasteiger partial charge is 0.445 e. The summed E-state index contributed by atoms with van der Waals surface area (Å²) in [6, 6.07) is 17.2. The molecule has 2 aromatic rings. The molecule has 2 atom stereocenters. The third-order valence-corrected chi connectivity index (χ3v) is 4.69. The molecule has 1 fully saturated rings. The quantitative estimate of drug-likeness (QED) is 0.781. The molecule has 0 saturated heterocycles. The van der Waals surface area contributed by atoms with E-state index >= 15 is 0 Å². The van der Waals surface area contributed by atoms with E-state index in [9.17, 15) is 14.4 Å². The van der Waals surface area contributed by atoms with E-state index in [4.69, 9.17) is 9.47 Å². The third-order valence-electron chi connectivity index (χ3n) is 4.69. The van der Waals surface area contributed by atoms with Crippen molar-refractivity contribution in [2.24, 2.45) is 0 Å². The number of Topliss-reactive ketones (excluding diaryl/α,β-unsaturated/α-hetero) is 1. The van der Waals surface area contributed by atoms with Crippen LogP contribution >= 0.6 is 0 Å². The molecule has 29 heavy (non-hydrogen) atoms. The number of carbonyl (C=O) groups excluding carboxylic acids is 3. The lowest BCUT2D eigenvalue weighted by Gasteiger charge is -2.30. The maximum Gasteiger partial charge on any atom is 0.408 e. The molecule has 1 aliphatic carbocycles. The molecule has 7 heteroatoms. The number of amides is 2. The van der Waals surface area contributed by atoms with Crippen molar-refractivity contribution in [3.63, 3.8) is 0 Å². The minimum atomic E-state index is -0.837. The summed E-state index contributed by atoms with van der Waals surface area (Å²) in [4.78, 5) is 36.6. The molecule has 3 rings (SSSR count). The number of hydrogen-bond acceptors (Lipinski definition) is 5. The Balaban J connectivity index is 1.50. The fourth-order valence-electron chi connectivity index (χ4n) is 3.19. The number of ketones is 1. The summed E-state index contributed by atoms with van der Waals surface area (Å²) < 4.78 is 10.4. The highest BCUT2D eigenvalue weighted by molar-refractivity contribution is 5.89. The zero-order valence-corrected chi connectivity index (χ0v) is 16.0. The van der Waals surface area contributed by atoms with E-state index in [1.54, 1.807) is 0 Å². The number of benzene rings is 2. The number of rotatable bonds is 6. The van der Waals surface area contributed by atoms with Crippen molar-refractivity contribution in [1.82, 2.24) is 10.6 Å². The first kappa shape index (κ1) is 20.4. The van der Waals surface area contributed by atoms with Crippen molar-refractivity contribution in [2.45, 2.75) is 44.6 Å². The summed E-state index contributed by atoms with van der Waals surface area (Å²) in [6.07, 6.45) is 0.229. The van der Waals surface area contributed by atoms with Crippen LogP contribution < -0.4 is 10.6 Å². The van der Waals surface area contributed by atoms with E-state index in [0.717, 1.165) is 11.1 Å². The normalized spacial score (nSPS) is 18.6. The predicted molar refractivity (Wildman–Crippen MR) is 106 cm³/mol. The number of alkyl carbamates (subject to hydrolysis) is 2. The molecule has 0 unspecified atom stereocenters. The van der Waals surface area contributed by atoms with Crippen molar-refractivity contribution in [3.05, 3.63) is 71.8 Å². The maximum absolute atomic E-state index is 12.3. The van der Waals surface area contributed by atoms with Gasteiger partial charge in [0.15, 0.2) is 5.78 Å². The molecule has 0 aliphatic heterocycles. The van der Waals surface area contributed by atoms with Crippen LogP contribution in [-0.4, -0.2) is 30.1 Å². The molecule has 2 N–H and O–H groups in total. The zero-order valence-electron chi connectivity index (χ0n) is 16.0. The Hall–Kier alpha value is -3.35. The highest BCUT2D eigenvalue weighted by Gasteiger charge is 2.34. The van der Waals surface area contributed by atoms with Gasteiger partial charge in [-0.05, 0) is 24.0 Å². The maximum atomic E-state index is 12.3. The summed E-state index contributed by atoms with van der Waals surface area (Å²) in [5.41, 5.74) is 1.71. The van der Waals surface area contributed by atoms with Gasteiger partial charge in [0.25, 0.3) is 0 Å². The fraction of sp³-hybridized carbons (Fsp3) is 0.318. The Kier molecular flexibility index (Phi) is 7.22. The Labute approximate surface area is 169 Å². The molecule has 152 valence electrons. The Morgan fingerprint density at radius 1 is 0.828 bits per heavy atom. The smallest absolute Gasteiger partial charge is 0.408 e. The highest BCUT2D eigenvalue weighted by atomic mass is 16.6. The minimum absolute atomic E-state index is 0.102. The van der Waals surface area contributed by atoms with Crippen LogP contribution in [0.25, 0.3) is 0 Å². The van der Waals surface area contributed by atoms with Gasteiger partial charge in [-0.2, -0.15) is 0 Å². The SMILES string of the molecule is O=C(N[C@@H]1CCCC(=O)[C@@H]1NC(=O)OCc1ccccc1)OCc1ccccc1. The topological polar surface area (TPSA) is 93.7 Å². The van der Waals surface area contributed by atoms with Gasteiger partial charge in [-0.3, -0.25) is 4.79 Å². The van der Waals surface area contributed by atoms with Gasteiger partial charge in [-0.1, -0.05) is 60.7 Å². The summed E-state index contributed by atoms with van der Waals surface area (Å²) in [5.74, 6) is -0.138. The van der Waals surface area contributed by atoms with Gasteiger partial charge in [-0.15, -0.1) is 0 Å². The number of ether oxygens (including phenoxy) is 2. The van der Waals surface area contributed by atoms with Crippen LogP contribution in [0.1, 0.15) is 30.4 Å². The zero-order chi connectivity index (χ0) is 20.5. The van der Waals surface area contributed by atoms with Gasteiger partial charge in [0.1, 0.15) is 19.3 Å². The molecule has 2 aromatic carbocycles. The van der Waals surface area contributed by atoms with Crippen LogP contribution in [0.3, 0.4) is 0 Å². The van der Waals surface area contributed by atoms with E-state index in [2.05, 4.69) is 10.6 Å². The lowest BCUT2D eigenvalue weighted by atomic mass is 9.89. The van der Waals surface area contributed by atoms with Crippen molar-refractivity contribution in [3.8, 4) is 0 Å². The molecule has 0 radical (unpaired) electrons. The summed E-state index contributed by atoms with van der Waals surface area (Å²) >= 11 is 0. The molecule has 7 nitrogen and oxygen atoms in total. The van der Waals surface area contributed by atoms with E-state index in [1.165, 1.54) is 0 Å². The van der Waals surface area contributed by atoms with Crippen LogP contribution in [0.15, 0.2) is 60.7 Å². The van der Waals surface area contributed by atoms with E-state index in [0.29, 0.717) is 19.3 Å². The minimum Gasteiger partial charge on any atom is -0.445 e. The molecular weight excluding hydrogens is 372 g/mol. The van der Waals surface area contributed by atoms with Gasteiger partial charge in [0.2, 0.25) is 0 Å². The summed E-state index contributed by atoms with van der Waals surface area (Å²) in [6.45, 7) is 0.231.